The van der Waals surface area contributed by atoms with Crippen LogP contribution < -0.4 is 5.73 Å². The minimum atomic E-state index is -0.217. The van der Waals surface area contributed by atoms with Crippen LogP contribution in [0.1, 0.15) is 271 Å². The number of hydrogen-bond acceptors (Lipinski definition) is 1. The van der Waals surface area contributed by atoms with Crippen LogP contribution in [0, 0.1) is 0 Å². The van der Waals surface area contributed by atoms with E-state index in [2.05, 4.69) is 13.8 Å². The molecule has 3 nitrogen and oxygen atoms in total. The number of unbranched alkanes of at least 4 members (excludes halogenated alkanes) is 38. The van der Waals surface area contributed by atoms with Crippen molar-refractivity contribution >= 4 is 6.03 Å². The van der Waals surface area contributed by atoms with Gasteiger partial charge in [-0.1, -0.05) is 258 Å². The first-order chi connectivity index (χ1) is 23.7. The number of amides is 2. The number of urea groups is 1. The SMILES string of the molecule is CCCCCCCCCCCCCCCCCCCCCCN(CCCCCCCCCCCCCCCCCCCCCC)C(N)=O. The van der Waals surface area contributed by atoms with Gasteiger partial charge in [0.05, 0.1) is 0 Å². The average molecular weight is 677 g/mol. The Morgan fingerprint density at radius 3 is 0.583 bits per heavy atom. The highest BCUT2D eigenvalue weighted by atomic mass is 16.2. The third-order valence-electron chi connectivity index (χ3n) is 10.9. The summed E-state index contributed by atoms with van der Waals surface area (Å²) in [5, 5.41) is 0. The van der Waals surface area contributed by atoms with Crippen molar-refractivity contribution in [1.82, 2.24) is 4.90 Å². The summed E-state index contributed by atoms with van der Waals surface area (Å²) >= 11 is 0. The summed E-state index contributed by atoms with van der Waals surface area (Å²) in [6, 6.07) is -0.217. The third-order valence-corrected chi connectivity index (χ3v) is 10.9. The lowest BCUT2D eigenvalue weighted by Gasteiger charge is -2.20. The normalized spacial score (nSPS) is 11.5. The fraction of sp³-hybridized carbons (Fsp3) is 0.978. The van der Waals surface area contributed by atoms with Crippen LogP contribution in [-0.4, -0.2) is 24.0 Å². The van der Waals surface area contributed by atoms with Gasteiger partial charge in [0.15, 0.2) is 0 Å². The van der Waals surface area contributed by atoms with E-state index in [0.29, 0.717) is 0 Å². The summed E-state index contributed by atoms with van der Waals surface area (Å²) in [5.41, 5.74) is 5.69. The van der Waals surface area contributed by atoms with Crippen molar-refractivity contribution in [3.63, 3.8) is 0 Å². The summed E-state index contributed by atoms with van der Waals surface area (Å²) in [7, 11) is 0. The fourth-order valence-corrected chi connectivity index (χ4v) is 7.45. The van der Waals surface area contributed by atoms with E-state index in [1.165, 1.54) is 244 Å². The Labute approximate surface area is 304 Å². The Hall–Kier alpha value is -0.730. The first-order valence-corrected chi connectivity index (χ1v) is 22.8. The molecule has 2 N–H and O–H groups in total. The summed E-state index contributed by atoms with van der Waals surface area (Å²) in [6.07, 6.45) is 56.1. The molecule has 0 atom stereocenters. The number of primary amides is 1. The van der Waals surface area contributed by atoms with Crippen LogP contribution in [0.4, 0.5) is 4.79 Å². The highest BCUT2D eigenvalue weighted by Crippen LogP contribution is 2.17. The molecular formula is C45H92N2O. The maximum Gasteiger partial charge on any atom is 0.314 e. The van der Waals surface area contributed by atoms with Crippen LogP contribution in [0.3, 0.4) is 0 Å². The first kappa shape index (κ1) is 47.3. The molecule has 0 bridgehead atoms. The highest BCUT2D eigenvalue weighted by Gasteiger charge is 2.08. The van der Waals surface area contributed by atoms with Crippen LogP contribution in [-0.2, 0) is 0 Å². The van der Waals surface area contributed by atoms with Crippen molar-refractivity contribution in [3.05, 3.63) is 0 Å². The molecule has 48 heavy (non-hydrogen) atoms. The number of nitrogens with zero attached hydrogens (tertiary/aromatic N) is 1. The number of hydrogen-bond donors (Lipinski definition) is 1. The molecule has 0 spiro atoms. The lowest BCUT2D eigenvalue weighted by Crippen LogP contribution is -2.37. The summed E-state index contributed by atoms with van der Waals surface area (Å²) in [6.45, 7) is 6.31. The second kappa shape index (κ2) is 42.4. The molecule has 0 aromatic carbocycles. The van der Waals surface area contributed by atoms with Gasteiger partial charge in [-0.3, -0.25) is 0 Å². The van der Waals surface area contributed by atoms with Crippen molar-refractivity contribution in [2.24, 2.45) is 5.73 Å². The van der Waals surface area contributed by atoms with Gasteiger partial charge in [0.2, 0.25) is 0 Å². The van der Waals surface area contributed by atoms with Gasteiger partial charge in [0, 0.05) is 13.1 Å². The van der Waals surface area contributed by atoms with E-state index in [9.17, 15) is 4.79 Å². The van der Waals surface area contributed by atoms with Gasteiger partial charge >= 0.3 is 6.03 Å². The quantitative estimate of drug-likeness (QED) is 0.0643. The highest BCUT2D eigenvalue weighted by molar-refractivity contribution is 5.71. The maximum atomic E-state index is 11.9. The molecule has 0 aromatic rings. The monoisotopic (exact) mass is 677 g/mol. The Bertz CT molecular complexity index is 550. The topological polar surface area (TPSA) is 46.3 Å². The van der Waals surface area contributed by atoms with E-state index < -0.39 is 0 Å². The summed E-state index contributed by atoms with van der Waals surface area (Å²) < 4.78 is 0. The molecule has 0 aromatic heterocycles. The van der Waals surface area contributed by atoms with Gasteiger partial charge in [-0.05, 0) is 12.8 Å². The van der Waals surface area contributed by atoms with E-state index in [4.69, 9.17) is 5.73 Å². The average Bonchev–Trinajstić information content (AvgIpc) is 3.08. The minimum Gasteiger partial charge on any atom is -0.351 e. The Morgan fingerprint density at radius 2 is 0.438 bits per heavy atom. The maximum absolute atomic E-state index is 11.9. The zero-order valence-electron chi connectivity index (χ0n) is 33.6. The van der Waals surface area contributed by atoms with Gasteiger partial charge in [-0.15, -0.1) is 0 Å². The predicted octanol–water partition coefficient (Wildman–Crippen LogP) is 16.0. The fourth-order valence-electron chi connectivity index (χ4n) is 7.45. The van der Waals surface area contributed by atoms with Gasteiger partial charge in [-0.25, -0.2) is 4.79 Å². The lowest BCUT2D eigenvalue weighted by molar-refractivity contribution is 0.204. The summed E-state index contributed by atoms with van der Waals surface area (Å²) in [4.78, 5) is 13.8. The summed E-state index contributed by atoms with van der Waals surface area (Å²) in [5.74, 6) is 0. The van der Waals surface area contributed by atoms with E-state index in [0.717, 1.165) is 25.9 Å². The molecule has 0 aliphatic rings. The van der Waals surface area contributed by atoms with Crippen molar-refractivity contribution < 1.29 is 4.79 Å². The Balaban J connectivity index is 3.34. The molecule has 0 aliphatic carbocycles. The van der Waals surface area contributed by atoms with Gasteiger partial charge < -0.3 is 10.6 Å². The molecular weight excluding hydrogens is 585 g/mol. The largest absolute Gasteiger partial charge is 0.351 e. The molecule has 0 aliphatic heterocycles. The molecule has 0 radical (unpaired) electrons. The molecule has 0 saturated carbocycles. The first-order valence-electron chi connectivity index (χ1n) is 22.8. The zero-order chi connectivity index (χ0) is 34.9. The molecule has 3 heteroatoms. The molecule has 0 rings (SSSR count). The van der Waals surface area contributed by atoms with Gasteiger partial charge in [0.1, 0.15) is 0 Å². The van der Waals surface area contributed by atoms with Crippen molar-refractivity contribution in [2.45, 2.75) is 271 Å². The van der Waals surface area contributed by atoms with Crippen LogP contribution in [0.2, 0.25) is 0 Å². The molecule has 2 amide bonds. The van der Waals surface area contributed by atoms with Crippen LogP contribution in [0.15, 0.2) is 0 Å². The van der Waals surface area contributed by atoms with E-state index in [1.54, 1.807) is 0 Å². The number of rotatable bonds is 42. The standard InChI is InChI=1S/C45H92N2O/c1-3-5-7-9-11-13-15-17-19-21-23-25-27-29-31-33-35-37-39-41-43-47(45(46)48)44-42-40-38-36-34-32-30-28-26-24-22-20-18-16-14-12-10-8-6-4-2/h3-44H2,1-2H3,(H2,46,48). The van der Waals surface area contributed by atoms with Gasteiger partial charge in [0.25, 0.3) is 0 Å². The second-order valence-electron chi connectivity index (χ2n) is 15.8. The Morgan fingerprint density at radius 1 is 0.292 bits per heavy atom. The lowest BCUT2D eigenvalue weighted by atomic mass is 10.0. The van der Waals surface area contributed by atoms with Crippen molar-refractivity contribution in [2.75, 3.05) is 13.1 Å². The Kier molecular flexibility index (Phi) is 41.8. The van der Waals surface area contributed by atoms with Crippen molar-refractivity contribution in [3.8, 4) is 0 Å². The number of nitrogens with two attached hydrogens (primary N) is 1. The molecule has 0 heterocycles. The smallest absolute Gasteiger partial charge is 0.314 e. The third kappa shape index (κ3) is 39.7. The van der Waals surface area contributed by atoms with E-state index >= 15 is 0 Å². The number of carbonyl (C=O) groups excluding carboxylic acids is 1. The minimum absolute atomic E-state index is 0.217. The van der Waals surface area contributed by atoms with Crippen LogP contribution in [0.25, 0.3) is 0 Å². The molecule has 0 unspecified atom stereocenters. The van der Waals surface area contributed by atoms with E-state index in [1.807, 2.05) is 4.90 Å². The molecule has 0 saturated heterocycles. The number of carbonyl (C=O) groups is 1. The van der Waals surface area contributed by atoms with Crippen LogP contribution in [0.5, 0.6) is 0 Å². The van der Waals surface area contributed by atoms with Crippen LogP contribution >= 0.6 is 0 Å². The van der Waals surface area contributed by atoms with Crippen molar-refractivity contribution in [1.29, 1.82) is 0 Å². The molecule has 0 fully saturated rings. The van der Waals surface area contributed by atoms with E-state index in [-0.39, 0.29) is 6.03 Å². The predicted molar refractivity (Wildman–Crippen MR) is 217 cm³/mol. The molecule has 288 valence electrons. The zero-order valence-corrected chi connectivity index (χ0v) is 33.6. The second-order valence-corrected chi connectivity index (χ2v) is 15.8. The van der Waals surface area contributed by atoms with Gasteiger partial charge in [-0.2, -0.15) is 0 Å².